The largest absolute Gasteiger partial charge is 0.497 e. The molecule has 6 nitrogen and oxygen atoms in total. The number of methoxy groups -OCH3 is 1. The summed E-state index contributed by atoms with van der Waals surface area (Å²) in [6, 6.07) is 24.3. The number of amides is 2. The van der Waals surface area contributed by atoms with Crippen molar-refractivity contribution in [3.63, 3.8) is 0 Å². The highest BCUT2D eigenvalue weighted by Gasteiger charge is 2.30. The molecule has 6 heteroatoms. The predicted molar refractivity (Wildman–Crippen MR) is 142 cm³/mol. The van der Waals surface area contributed by atoms with E-state index in [0.29, 0.717) is 17.9 Å². The Morgan fingerprint density at radius 3 is 2.25 bits per heavy atom. The summed E-state index contributed by atoms with van der Waals surface area (Å²) in [7, 11) is 3.19. The Kier molecular flexibility index (Phi) is 9.12. The van der Waals surface area contributed by atoms with Gasteiger partial charge < -0.3 is 19.7 Å². The summed E-state index contributed by atoms with van der Waals surface area (Å²) in [6.07, 6.45) is 0.384. The number of hydrogen-bond donors (Lipinski definition) is 1. The summed E-state index contributed by atoms with van der Waals surface area (Å²) in [5.41, 5.74) is 2.70. The molecule has 0 saturated carbocycles. The van der Waals surface area contributed by atoms with E-state index in [4.69, 9.17) is 9.47 Å². The summed E-state index contributed by atoms with van der Waals surface area (Å²) in [5, 5.41) is 2.73. The van der Waals surface area contributed by atoms with E-state index in [2.05, 4.69) is 26.1 Å². The molecule has 190 valence electrons. The lowest BCUT2D eigenvalue weighted by atomic mass is 9.86. The molecule has 0 bridgehead atoms. The molecular weight excluding hydrogens is 452 g/mol. The average molecular weight is 489 g/mol. The lowest BCUT2D eigenvalue weighted by Crippen LogP contribution is -2.51. The highest BCUT2D eigenvalue weighted by atomic mass is 16.5. The van der Waals surface area contributed by atoms with Crippen molar-refractivity contribution >= 4 is 11.8 Å². The van der Waals surface area contributed by atoms with Crippen molar-refractivity contribution in [2.24, 2.45) is 0 Å². The third-order valence-electron chi connectivity index (χ3n) is 6.05. The summed E-state index contributed by atoms with van der Waals surface area (Å²) >= 11 is 0. The van der Waals surface area contributed by atoms with Gasteiger partial charge in [0.25, 0.3) is 5.91 Å². The quantitative estimate of drug-likeness (QED) is 0.447. The first-order valence-corrected chi connectivity index (χ1v) is 12.1. The molecule has 0 aromatic heterocycles. The van der Waals surface area contributed by atoms with Crippen molar-refractivity contribution in [3.05, 3.63) is 95.6 Å². The van der Waals surface area contributed by atoms with Crippen LogP contribution in [-0.4, -0.2) is 43.5 Å². The fourth-order valence-electron chi connectivity index (χ4n) is 4.12. The number of rotatable bonds is 10. The van der Waals surface area contributed by atoms with Crippen LogP contribution in [-0.2, 0) is 28.0 Å². The van der Waals surface area contributed by atoms with E-state index in [1.165, 1.54) is 0 Å². The molecule has 0 heterocycles. The van der Waals surface area contributed by atoms with Gasteiger partial charge in [-0.05, 0) is 40.3 Å². The van der Waals surface area contributed by atoms with Gasteiger partial charge in [-0.3, -0.25) is 9.59 Å². The maximum atomic E-state index is 13.7. The molecule has 0 saturated heterocycles. The molecule has 0 fully saturated rings. The van der Waals surface area contributed by atoms with Gasteiger partial charge in [-0.1, -0.05) is 81.4 Å². The zero-order valence-corrected chi connectivity index (χ0v) is 21.8. The van der Waals surface area contributed by atoms with Crippen LogP contribution < -0.4 is 14.8 Å². The molecule has 3 aromatic carbocycles. The maximum absolute atomic E-state index is 13.7. The van der Waals surface area contributed by atoms with Crippen LogP contribution >= 0.6 is 0 Å². The molecule has 0 aliphatic heterocycles. The van der Waals surface area contributed by atoms with Gasteiger partial charge in [0.1, 0.15) is 17.5 Å². The Balaban J connectivity index is 1.92. The van der Waals surface area contributed by atoms with Gasteiger partial charge in [0.05, 0.1) is 7.11 Å². The first kappa shape index (κ1) is 26.8. The summed E-state index contributed by atoms with van der Waals surface area (Å²) in [4.78, 5) is 28.3. The van der Waals surface area contributed by atoms with Crippen LogP contribution in [0.3, 0.4) is 0 Å². The Morgan fingerprint density at radius 1 is 0.917 bits per heavy atom. The normalized spacial score (nSPS) is 11.9. The lowest BCUT2D eigenvalue weighted by molar-refractivity contribution is -0.142. The summed E-state index contributed by atoms with van der Waals surface area (Å²) < 4.78 is 11.4. The van der Waals surface area contributed by atoms with Crippen molar-refractivity contribution in [1.82, 2.24) is 10.2 Å². The van der Waals surface area contributed by atoms with Crippen molar-refractivity contribution in [2.45, 2.75) is 45.2 Å². The average Bonchev–Trinajstić information content (AvgIpc) is 2.89. The van der Waals surface area contributed by atoms with E-state index < -0.39 is 6.04 Å². The standard InChI is InChI=1S/C30H36N2O4/c1-30(2,3)25-16-9-10-17-27(25)36-21-28(33)32(20-23-14-11-15-24(18-23)35-5)26(29(34)31-4)19-22-12-7-6-8-13-22/h6-18,26H,19-21H2,1-5H3,(H,31,34)/t26-/m0/s1. The van der Waals surface area contributed by atoms with Crippen molar-refractivity contribution in [3.8, 4) is 11.5 Å². The minimum atomic E-state index is -0.711. The molecule has 3 rings (SSSR count). The number of para-hydroxylation sites is 1. The van der Waals surface area contributed by atoms with Crippen molar-refractivity contribution < 1.29 is 19.1 Å². The lowest BCUT2D eigenvalue weighted by Gasteiger charge is -2.31. The number of carbonyl (C=O) groups is 2. The number of benzene rings is 3. The number of likely N-dealkylation sites (N-methyl/N-ethyl adjacent to an activating group) is 1. The Bertz CT molecular complexity index is 1150. The first-order chi connectivity index (χ1) is 17.2. The fraction of sp³-hybridized carbons (Fsp3) is 0.333. The minimum Gasteiger partial charge on any atom is -0.497 e. The van der Waals surface area contributed by atoms with Gasteiger partial charge >= 0.3 is 0 Å². The van der Waals surface area contributed by atoms with Gasteiger partial charge in [-0.2, -0.15) is 0 Å². The number of hydrogen-bond acceptors (Lipinski definition) is 4. The minimum absolute atomic E-state index is 0.141. The van der Waals surface area contributed by atoms with E-state index in [1.807, 2.05) is 78.9 Å². The van der Waals surface area contributed by atoms with Crippen molar-refractivity contribution in [2.75, 3.05) is 20.8 Å². The van der Waals surface area contributed by atoms with E-state index in [0.717, 1.165) is 16.7 Å². The second-order valence-corrected chi connectivity index (χ2v) is 9.73. The number of nitrogens with zero attached hydrogens (tertiary/aromatic N) is 1. The third-order valence-corrected chi connectivity index (χ3v) is 6.05. The highest BCUT2D eigenvalue weighted by Crippen LogP contribution is 2.31. The molecule has 36 heavy (non-hydrogen) atoms. The Morgan fingerprint density at radius 2 is 1.58 bits per heavy atom. The van der Waals surface area contributed by atoms with Crippen LogP contribution in [0.4, 0.5) is 0 Å². The van der Waals surface area contributed by atoms with Crippen LogP contribution in [0.25, 0.3) is 0 Å². The number of carbonyl (C=O) groups excluding carboxylic acids is 2. The monoisotopic (exact) mass is 488 g/mol. The summed E-state index contributed by atoms with van der Waals surface area (Å²) in [6.45, 7) is 6.37. The highest BCUT2D eigenvalue weighted by molar-refractivity contribution is 5.88. The van der Waals surface area contributed by atoms with Crippen LogP contribution in [0.2, 0.25) is 0 Å². The first-order valence-electron chi connectivity index (χ1n) is 12.1. The van der Waals surface area contributed by atoms with Crippen LogP contribution in [0, 0.1) is 0 Å². The van der Waals surface area contributed by atoms with Crippen LogP contribution in [0.1, 0.15) is 37.5 Å². The van der Waals surface area contributed by atoms with Gasteiger partial charge in [0.15, 0.2) is 6.61 Å². The zero-order valence-electron chi connectivity index (χ0n) is 21.8. The van der Waals surface area contributed by atoms with Gasteiger partial charge in [0.2, 0.25) is 5.91 Å². The van der Waals surface area contributed by atoms with Gasteiger partial charge in [-0.15, -0.1) is 0 Å². The molecule has 0 aliphatic carbocycles. The van der Waals surface area contributed by atoms with Gasteiger partial charge in [0, 0.05) is 20.0 Å². The zero-order chi connectivity index (χ0) is 26.1. The van der Waals surface area contributed by atoms with E-state index >= 15 is 0 Å². The molecule has 0 spiro atoms. The molecule has 1 N–H and O–H groups in total. The van der Waals surface area contributed by atoms with E-state index in [-0.39, 0.29) is 30.4 Å². The molecule has 0 radical (unpaired) electrons. The second kappa shape index (κ2) is 12.2. The Labute approximate surface area is 214 Å². The van der Waals surface area contributed by atoms with Crippen molar-refractivity contribution in [1.29, 1.82) is 0 Å². The number of ether oxygens (including phenoxy) is 2. The van der Waals surface area contributed by atoms with E-state index in [9.17, 15) is 9.59 Å². The molecule has 0 aliphatic rings. The summed E-state index contributed by atoms with van der Waals surface area (Å²) in [5.74, 6) is 0.852. The number of nitrogens with one attached hydrogen (secondary N) is 1. The smallest absolute Gasteiger partial charge is 0.261 e. The predicted octanol–water partition coefficient (Wildman–Crippen LogP) is 4.76. The molecule has 2 amide bonds. The molecular formula is C30H36N2O4. The SMILES string of the molecule is CNC(=O)[C@H](Cc1ccccc1)N(Cc1cccc(OC)c1)C(=O)COc1ccccc1C(C)(C)C. The van der Waals surface area contributed by atoms with Gasteiger partial charge in [-0.25, -0.2) is 0 Å². The van der Waals surface area contributed by atoms with Crippen LogP contribution in [0.5, 0.6) is 11.5 Å². The molecule has 1 atom stereocenters. The molecule has 3 aromatic rings. The van der Waals surface area contributed by atoms with E-state index in [1.54, 1.807) is 19.1 Å². The Hall–Kier alpha value is -3.80. The maximum Gasteiger partial charge on any atom is 0.261 e. The fourth-order valence-corrected chi connectivity index (χ4v) is 4.12. The topological polar surface area (TPSA) is 67.9 Å². The second-order valence-electron chi connectivity index (χ2n) is 9.73. The third kappa shape index (κ3) is 7.11. The molecule has 0 unspecified atom stereocenters. The van der Waals surface area contributed by atoms with Crippen LogP contribution in [0.15, 0.2) is 78.9 Å².